The van der Waals surface area contributed by atoms with Crippen LogP contribution in [0.15, 0.2) is 0 Å². The number of ether oxygens (including phenoxy) is 2. The number of aliphatic hydroxyl groups is 2. The Morgan fingerprint density at radius 1 is 1.10 bits per heavy atom. The number of hydrogen-bond donors (Lipinski definition) is 2. The van der Waals surface area contributed by atoms with Gasteiger partial charge in [-0.3, -0.25) is 0 Å². The minimum atomic E-state index is -1.29. The molecule has 30 heavy (non-hydrogen) atoms. The number of hydrogen-bond acceptors (Lipinski definition) is 5. The Balaban J connectivity index is 2.18. The van der Waals surface area contributed by atoms with Crippen LogP contribution in [-0.4, -0.2) is 63.3 Å². The maximum absolute atomic E-state index is 12.5. The Kier molecular flexibility index (Phi) is 8.50. The van der Waals surface area contributed by atoms with Crippen molar-refractivity contribution in [1.29, 1.82) is 0 Å². The Hall–Kier alpha value is 1.26. The molecule has 3 fully saturated rings. The normalized spacial score (nSPS) is 51.4. The molecule has 3 rings (SSSR count). The van der Waals surface area contributed by atoms with E-state index in [0.717, 1.165) is 32.1 Å². The molecule has 0 radical (unpaired) electrons. The molecule has 3 aliphatic carbocycles. The summed E-state index contributed by atoms with van der Waals surface area (Å²) in [6.07, 6.45) is 6.04. The van der Waals surface area contributed by atoms with Gasteiger partial charge in [0.1, 0.15) is 0 Å². The first-order valence-electron chi connectivity index (χ1n) is 11.4. The molecule has 0 amide bonds. The van der Waals surface area contributed by atoms with Gasteiger partial charge in [0.05, 0.1) is 0 Å². The first-order valence-corrected chi connectivity index (χ1v) is 15.1. The van der Waals surface area contributed by atoms with E-state index in [2.05, 4.69) is 43.4 Å². The van der Waals surface area contributed by atoms with Gasteiger partial charge < -0.3 is 0 Å². The Morgan fingerprint density at radius 3 is 2.33 bits per heavy atom. The van der Waals surface area contributed by atoms with Crippen LogP contribution < -0.4 is 21.6 Å². The van der Waals surface area contributed by atoms with Crippen LogP contribution in [0.2, 0.25) is 0 Å². The molecular weight excluding hydrogens is 610 g/mol. The van der Waals surface area contributed by atoms with Crippen LogP contribution in [0.1, 0.15) is 59.3 Å². The summed E-state index contributed by atoms with van der Waals surface area (Å²) in [4.78, 5) is 0. The van der Waals surface area contributed by atoms with E-state index in [-0.39, 0.29) is 33.2 Å². The summed E-state index contributed by atoms with van der Waals surface area (Å²) < 4.78 is 18.4. The molecule has 2 N–H and O–H groups in total. The molecule has 10 atom stereocenters. The average Bonchev–Trinajstić information content (AvgIpc) is 2.97. The fourth-order valence-corrected chi connectivity index (χ4v) is 11.4. The van der Waals surface area contributed by atoms with Crippen molar-refractivity contribution in [2.24, 2.45) is 29.1 Å². The molecular formula is C23H41I2O5-. The second-order valence-corrected chi connectivity index (χ2v) is 13.9. The van der Waals surface area contributed by atoms with Crippen molar-refractivity contribution in [3.8, 4) is 0 Å². The SMILES string of the molecule is CCC[C@]1(C)CC[C@H](OC)C2C1CC(C)[C@@](O)(CI)[C@]1(O)C2CC([I-]OC)[C@@H]1OC. The second kappa shape index (κ2) is 9.86. The van der Waals surface area contributed by atoms with Gasteiger partial charge in [0.15, 0.2) is 0 Å². The monoisotopic (exact) mass is 651 g/mol. The van der Waals surface area contributed by atoms with Gasteiger partial charge in [-0.05, 0) is 0 Å². The predicted molar refractivity (Wildman–Crippen MR) is 122 cm³/mol. The van der Waals surface area contributed by atoms with E-state index in [0.29, 0.717) is 10.3 Å². The van der Waals surface area contributed by atoms with Crippen molar-refractivity contribution in [2.45, 2.75) is 86.6 Å². The number of alkyl halides is 2. The van der Waals surface area contributed by atoms with Gasteiger partial charge in [0.25, 0.3) is 0 Å². The van der Waals surface area contributed by atoms with E-state index in [9.17, 15) is 10.2 Å². The van der Waals surface area contributed by atoms with Crippen molar-refractivity contribution in [3.05, 3.63) is 0 Å². The first-order chi connectivity index (χ1) is 14.2. The molecule has 0 aromatic heterocycles. The van der Waals surface area contributed by atoms with Crippen LogP contribution in [-0.2, 0) is 12.5 Å². The zero-order valence-corrected chi connectivity index (χ0v) is 23.7. The second-order valence-electron chi connectivity index (χ2n) is 10.2. The Morgan fingerprint density at radius 2 is 1.80 bits per heavy atom. The van der Waals surface area contributed by atoms with Gasteiger partial charge in [-0.25, -0.2) is 0 Å². The van der Waals surface area contributed by atoms with Crippen molar-refractivity contribution < 1.29 is 44.4 Å². The summed E-state index contributed by atoms with van der Waals surface area (Å²) >= 11 is 1.69. The molecule has 5 nitrogen and oxygen atoms in total. The van der Waals surface area contributed by atoms with Crippen LogP contribution in [0, 0.1) is 29.1 Å². The molecule has 0 saturated heterocycles. The summed E-state index contributed by atoms with van der Waals surface area (Å²) in [5.41, 5.74) is -2.25. The fourth-order valence-electron chi connectivity index (χ4n) is 7.50. The van der Waals surface area contributed by atoms with E-state index >= 15 is 0 Å². The van der Waals surface area contributed by atoms with Gasteiger partial charge in [-0.15, -0.1) is 0 Å². The minimum absolute atomic E-state index is 0.0131. The Bertz CT molecular complexity index is 594. The van der Waals surface area contributed by atoms with Crippen molar-refractivity contribution >= 4 is 22.6 Å². The third-order valence-electron chi connectivity index (χ3n) is 8.96. The van der Waals surface area contributed by atoms with Gasteiger partial charge in [-0.2, -0.15) is 0 Å². The third-order valence-corrected chi connectivity index (χ3v) is 12.4. The summed E-state index contributed by atoms with van der Waals surface area (Å²) in [6, 6.07) is 0. The van der Waals surface area contributed by atoms with Crippen LogP contribution in [0.5, 0.6) is 0 Å². The van der Waals surface area contributed by atoms with Crippen LogP contribution in [0.25, 0.3) is 0 Å². The summed E-state index contributed by atoms with van der Waals surface area (Å²) in [7, 11) is 5.27. The molecule has 3 saturated carbocycles. The molecule has 7 heteroatoms. The molecule has 0 bridgehead atoms. The Labute approximate surface area is 207 Å². The molecule has 0 aromatic rings. The van der Waals surface area contributed by atoms with Crippen molar-refractivity contribution in [2.75, 3.05) is 25.8 Å². The molecule has 0 heterocycles. The van der Waals surface area contributed by atoms with Gasteiger partial charge in [0, 0.05) is 0 Å². The molecule has 0 aliphatic heterocycles. The van der Waals surface area contributed by atoms with Crippen molar-refractivity contribution in [1.82, 2.24) is 0 Å². The van der Waals surface area contributed by atoms with E-state index in [4.69, 9.17) is 12.5 Å². The topological polar surface area (TPSA) is 68.2 Å². The van der Waals surface area contributed by atoms with Gasteiger partial charge >= 0.3 is 208 Å². The maximum atomic E-state index is 12.5. The van der Waals surface area contributed by atoms with E-state index in [1.54, 1.807) is 14.2 Å². The molecule has 0 aromatic carbocycles. The number of halogens is 2. The number of rotatable bonds is 7. The summed E-state index contributed by atoms with van der Waals surface area (Å²) in [5.74, 6) is 0.601. The van der Waals surface area contributed by atoms with Gasteiger partial charge in [0.2, 0.25) is 0 Å². The standard InChI is InChI=1S/C23H41I2O5/c1-7-9-21(3)10-8-18(28-4)19-15(21)11-14(2)22(26,13-24)23(27)16(19)12-17(25-30-6)20(23)29-5/h14-20,26-27H,7-13H2,1-6H3/q-1/t14?,15?,16?,17?,18-,19?,20-,21+,22-,23-/m0/s1. The third kappa shape index (κ3) is 3.82. The molecule has 3 aliphatic rings. The molecule has 5 unspecified atom stereocenters. The molecule has 178 valence electrons. The van der Waals surface area contributed by atoms with Crippen LogP contribution in [0.4, 0.5) is 0 Å². The van der Waals surface area contributed by atoms with Gasteiger partial charge in [-0.1, -0.05) is 0 Å². The average molecular weight is 651 g/mol. The fraction of sp³-hybridized carbons (Fsp3) is 1.00. The van der Waals surface area contributed by atoms with E-state index in [1.165, 1.54) is 6.42 Å². The number of methoxy groups -OCH3 is 2. The van der Waals surface area contributed by atoms with Crippen LogP contribution in [0.3, 0.4) is 0 Å². The summed E-state index contributed by atoms with van der Waals surface area (Å²) in [6.45, 7) is 6.86. The van der Waals surface area contributed by atoms with Crippen molar-refractivity contribution in [3.63, 3.8) is 0 Å². The quantitative estimate of drug-likeness (QED) is 0.316. The number of fused-ring (bicyclic) bond motifs is 3. The predicted octanol–water partition coefficient (Wildman–Crippen LogP) is 0.825. The summed E-state index contributed by atoms with van der Waals surface area (Å²) in [5, 5.41) is 24.7. The molecule has 0 spiro atoms. The van der Waals surface area contributed by atoms with E-state index < -0.39 is 38.9 Å². The zero-order valence-electron chi connectivity index (χ0n) is 19.4. The van der Waals surface area contributed by atoms with E-state index in [1.807, 2.05) is 7.11 Å². The van der Waals surface area contributed by atoms with Crippen LogP contribution >= 0.6 is 22.6 Å². The first kappa shape index (κ1) is 25.9. The zero-order chi connectivity index (χ0) is 22.3.